The van der Waals surface area contributed by atoms with Crippen LogP contribution in [0.1, 0.15) is 31.2 Å². The van der Waals surface area contributed by atoms with Gasteiger partial charge < -0.3 is 9.84 Å². The maximum atomic E-state index is 13.3. The van der Waals surface area contributed by atoms with Crippen molar-refractivity contribution >= 4 is 0 Å². The third-order valence-electron chi connectivity index (χ3n) is 4.20. The lowest BCUT2D eigenvalue weighted by Gasteiger charge is -2.17. The smallest absolute Gasteiger partial charge is 0.140 e. The van der Waals surface area contributed by atoms with Crippen molar-refractivity contribution in [1.29, 1.82) is 0 Å². The summed E-state index contributed by atoms with van der Waals surface area (Å²) >= 11 is 0. The Hall–Kier alpha value is -1.13. The lowest BCUT2D eigenvalue weighted by atomic mass is 10.2. The first-order valence-electron chi connectivity index (χ1n) is 7.51. The molecule has 0 radical (unpaired) electrons. The molecule has 0 bridgehead atoms. The first-order chi connectivity index (χ1) is 9.70. The molecule has 1 aliphatic heterocycles. The van der Waals surface area contributed by atoms with Crippen LogP contribution in [0.3, 0.4) is 0 Å². The molecule has 1 N–H and O–H groups in total. The lowest BCUT2D eigenvalue weighted by Crippen LogP contribution is -2.21. The zero-order valence-electron chi connectivity index (χ0n) is 11.7. The minimum absolute atomic E-state index is 0.314. The second-order valence-electron chi connectivity index (χ2n) is 5.95. The molecule has 1 aromatic carbocycles. The largest absolute Gasteiger partial charge is 0.490 e. The molecule has 2 fully saturated rings. The summed E-state index contributed by atoms with van der Waals surface area (Å²) in [5.41, 5.74) is 1.11. The number of alkyl halides is 1. The van der Waals surface area contributed by atoms with E-state index in [0.29, 0.717) is 25.7 Å². The van der Waals surface area contributed by atoms with Gasteiger partial charge in [0, 0.05) is 19.6 Å². The number of halogens is 1. The maximum Gasteiger partial charge on any atom is 0.140 e. The summed E-state index contributed by atoms with van der Waals surface area (Å²) in [6, 6.07) is 8.04. The SMILES string of the molecule is O[C@@H]1CN(Cc2cccc(OC3CCCC3)c2)C[C@H]1F. The zero-order chi connectivity index (χ0) is 13.9. The topological polar surface area (TPSA) is 32.7 Å². The highest BCUT2D eigenvalue weighted by Crippen LogP contribution is 2.25. The monoisotopic (exact) mass is 279 g/mol. The normalized spacial score (nSPS) is 28.1. The molecule has 3 rings (SSSR count). The van der Waals surface area contributed by atoms with Gasteiger partial charge in [0.15, 0.2) is 0 Å². The Morgan fingerprint density at radius 1 is 1.25 bits per heavy atom. The van der Waals surface area contributed by atoms with E-state index in [2.05, 4.69) is 0 Å². The molecule has 0 unspecified atom stereocenters. The molecule has 3 nitrogen and oxygen atoms in total. The van der Waals surface area contributed by atoms with E-state index in [4.69, 9.17) is 4.74 Å². The van der Waals surface area contributed by atoms with Gasteiger partial charge in [0.1, 0.15) is 11.9 Å². The van der Waals surface area contributed by atoms with Crippen LogP contribution in [0.2, 0.25) is 0 Å². The third-order valence-corrected chi connectivity index (χ3v) is 4.20. The first-order valence-corrected chi connectivity index (χ1v) is 7.51. The van der Waals surface area contributed by atoms with Crippen LogP contribution in [0.4, 0.5) is 4.39 Å². The van der Waals surface area contributed by atoms with Gasteiger partial charge in [0.05, 0.1) is 12.2 Å². The average Bonchev–Trinajstić information content (AvgIpc) is 3.01. The molecule has 2 atom stereocenters. The van der Waals surface area contributed by atoms with Crippen molar-refractivity contribution in [3.63, 3.8) is 0 Å². The maximum absolute atomic E-state index is 13.3. The molecule has 0 spiro atoms. The van der Waals surface area contributed by atoms with Crippen LogP contribution in [0.15, 0.2) is 24.3 Å². The number of β-amino-alcohol motifs (C(OH)–C–C–N with tert-alkyl or cyclic N) is 1. The predicted molar refractivity (Wildman–Crippen MR) is 75.5 cm³/mol. The van der Waals surface area contributed by atoms with Crippen molar-refractivity contribution in [3.8, 4) is 5.75 Å². The summed E-state index contributed by atoms with van der Waals surface area (Å²) in [4.78, 5) is 1.95. The highest BCUT2D eigenvalue weighted by atomic mass is 19.1. The second kappa shape index (κ2) is 6.10. The zero-order valence-corrected chi connectivity index (χ0v) is 11.7. The van der Waals surface area contributed by atoms with Gasteiger partial charge in [-0.15, -0.1) is 0 Å². The predicted octanol–water partition coefficient (Wildman–Crippen LogP) is 2.52. The summed E-state index contributed by atoms with van der Waals surface area (Å²) in [5, 5.41) is 9.45. The van der Waals surface area contributed by atoms with Crippen molar-refractivity contribution in [3.05, 3.63) is 29.8 Å². The van der Waals surface area contributed by atoms with E-state index in [-0.39, 0.29) is 0 Å². The highest BCUT2D eigenvalue weighted by Gasteiger charge is 2.30. The number of rotatable bonds is 4. The standard InChI is InChI=1S/C16H22FNO2/c17-15-10-18(11-16(15)19)9-12-4-3-7-14(8-12)20-13-5-1-2-6-13/h3-4,7-8,13,15-16,19H,1-2,5-6,9-11H2/t15-,16-/m1/s1. The summed E-state index contributed by atoms with van der Waals surface area (Å²) in [6.07, 6.45) is 3.20. The van der Waals surface area contributed by atoms with Crippen LogP contribution < -0.4 is 4.74 Å². The van der Waals surface area contributed by atoms with E-state index in [0.717, 1.165) is 24.2 Å². The number of likely N-dealkylation sites (tertiary alicyclic amines) is 1. The molecule has 1 heterocycles. The Bertz CT molecular complexity index is 438. The van der Waals surface area contributed by atoms with E-state index < -0.39 is 12.3 Å². The van der Waals surface area contributed by atoms with E-state index in [9.17, 15) is 9.50 Å². The van der Waals surface area contributed by atoms with Crippen LogP contribution in [-0.2, 0) is 6.54 Å². The molecule has 1 saturated heterocycles. The molecular formula is C16H22FNO2. The van der Waals surface area contributed by atoms with Gasteiger partial charge in [-0.25, -0.2) is 4.39 Å². The third kappa shape index (κ3) is 3.30. The molecular weight excluding hydrogens is 257 g/mol. The molecule has 0 aromatic heterocycles. The van der Waals surface area contributed by atoms with Crippen LogP contribution in [0.5, 0.6) is 5.75 Å². The van der Waals surface area contributed by atoms with E-state index in [1.807, 2.05) is 29.2 Å². The fourth-order valence-corrected chi connectivity index (χ4v) is 3.12. The van der Waals surface area contributed by atoms with Gasteiger partial charge in [0.25, 0.3) is 0 Å². The molecule has 2 aliphatic rings. The quantitative estimate of drug-likeness (QED) is 0.919. The Kier molecular flexibility index (Phi) is 4.22. The van der Waals surface area contributed by atoms with Gasteiger partial charge in [0.2, 0.25) is 0 Å². The molecule has 110 valence electrons. The van der Waals surface area contributed by atoms with Crippen LogP contribution in [-0.4, -0.2) is 41.5 Å². The van der Waals surface area contributed by atoms with Crippen LogP contribution >= 0.6 is 0 Å². The Labute approximate surface area is 119 Å². The number of benzene rings is 1. The van der Waals surface area contributed by atoms with Crippen LogP contribution in [0.25, 0.3) is 0 Å². The number of ether oxygens (including phenoxy) is 1. The van der Waals surface area contributed by atoms with Gasteiger partial charge in [-0.2, -0.15) is 0 Å². The fourth-order valence-electron chi connectivity index (χ4n) is 3.12. The number of aliphatic hydroxyl groups is 1. The van der Waals surface area contributed by atoms with Gasteiger partial charge >= 0.3 is 0 Å². The molecule has 0 amide bonds. The Morgan fingerprint density at radius 2 is 2.05 bits per heavy atom. The fraction of sp³-hybridized carbons (Fsp3) is 0.625. The number of nitrogens with zero attached hydrogens (tertiary/aromatic N) is 1. The molecule has 1 aliphatic carbocycles. The lowest BCUT2D eigenvalue weighted by molar-refractivity contribution is 0.115. The van der Waals surface area contributed by atoms with Gasteiger partial charge in [-0.3, -0.25) is 4.90 Å². The van der Waals surface area contributed by atoms with Crippen molar-refractivity contribution in [2.24, 2.45) is 0 Å². The molecule has 4 heteroatoms. The van der Waals surface area contributed by atoms with E-state index in [1.165, 1.54) is 12.8 Å². The summed E-state index contributed by atoms with van der Waals surface area (Å²) in [7, 11) is 0. The number of aliphatic hydroxyl groups excluding tert-OH is 1. The molecule has 1 aromatic rings. The van der Waals surface area contributed by atoms with Crippen LogP contribution in [0, 0.1) is 0 Å². The Morgan fingerprint density at radius 3 is 2.75 bits per heavy atom. The summed E-state index contributed by atoms with van der Waals surface area (Å²) < 4.78 is 19.3. The van der Waals surface area contributed by atoms with E-state index >= 15 is 0 Å². The number of hydrogen-bond donors (Lipinski definition) is 1. The van der Waals surface area contributed by atoms with Gasteiger partial charge in [-0.05, 0) is 43.4 Å². The average molecular weight is 279 g/mol. The second-order valence-corrected chi connectivity index (χ2v) is 5.95. The number of hydrogen-bond acceptors (Lipinski definition) is 3. The van der Waals surface area contributed by atoms with Gasteiger partial charge in [-0.1, -0.05) is 12.1 Å². The molecule has 1 saturated carbocycles. The minimum Gasteiger partial charge on any atom is -0.490 e. The minimum atomic E-state index is -1.12. The highest BCUT2D eigenvalue weighted by molar-refractivity contribution is 5.29. The van der Waals surface area contributed by atoms with Crippen molar-refractivity contribution in [2.45, 2.75) is 50.6 Å². The van der Waals surface area contributed by atoms with Crippen molar-refractivity contribution in [1.82, 2.24) is 4.90 Å². The Balaban J connectivity index is 1.59. The van der Waals surface area contributed by atoms with Crippen molar-refractivity contribution < 1.29 is 14.2 Å². The van der Waals surface area contributed by atoms with Crippen molar-refractivity contribution in [2.75, 3.05) is 13.1 Å². The first kappa shape index (κ1) is 13.8. The molecule has 20 heavy (non-hydrogen) atoms. The van der Waals surface area contributed by atoms with E-state index in [1.54, 1.807) is 0 Å². The summed E-state index contributed by atoms with van der Waals surface area (Å²) in [6.45, 7) is 1.39. The summed E-state index contributed by atoms with van der Waals surface area (Å²) in [5.74, 6) is 0.908.